The summed E-state index contributed by atoms with van der Waals surface area (Å²) in [7, 11) is 1.57. The van der Waals surface area contributed by atoms with Gasteiger partial charge in [-0.25, -0.2) is 4.79 Å². The van der Waals surface area contributed by atoms with Gasteiger partial charge < -0.3 is 18.6 Å². The number of methoxy groups -OCH3 is 1. The van der Waals surface area contributed by atoms with E-state index >= 15 is 0 Å². The second kappa shape index (κ2) is 8.17. The van der Waals surface area contributed by atoms with E-state index < -0.39 is 5.97 Å². The molecule has 0 amide bonds. The molecule has 0 fully saturated rings. The van der Waals surface area contributed by atoms with Crippen LogP contribution < -0.4 is 14.9 Å². The highest BCUT2D eigenvalue weighted by Crippen LogP contribution is 2.33. The number of hydrogen-bond donors (Lipinski definition) is 0. The lowest BCUT2D eigenvalue weighted by molar-refractivity contribution is -0.145. The molecule has 1 aromatic heterocycles. The first-order valence-corrected chi connectivity index (χ1v) is 8.95. The number of esters is 1. The van der Waals surface area contributed by atoms with Gasteiger partial charge in [-0.3, -0.25) is 4.79 Å². The minimum absolute atomic E-state index is 0.0160. The number of carbonyl (C=O) groups is 1. The first-order valence-electron chi connectivity index (χ1n) is 8.95. The highest BCUT2D eigenvalue weighted by Gasteiger charge is 2.20. The Hall–Kier alpha value is -3.28. The Balaban J connectivity index is 2.19. The van der Waals surface area contributed by atoms with E-state index in [-0.39, 0.29) is 30.2 Å². The SMILES string of the molecule is CCOC(=O)COc1c(-c2ccc(OC)cc2)oc2cc(C)cc(C)c2c1=O. The minimum Gasteiger partial charge on any atom is -0.497 e. The van der Waals surface area contributed by atoms with Crippen LogP contribution in [0.5, 0.6) is 11.5 Å². The summed E-state index contributed by atoms with van der Waals surface area (Å²) >= 11 is 0. The quantitative estimate of drug-likeness (QED) is 0.599. The highest BCUT2D eigenvalue weighted by atomic mass is 16.6. The lowest BCUT2D eigenvalue weighted by Gasteiger charge is -2.13. The lowest BCUT2D eigenvalue weighted by Crippen LogP contribution is -2.19. The maximum atomic E-state index is 13.2. The Labute approximate surface area is 162 Å². The summed E-state index contributed by atoms with van der Waals surface area (Å²) in [5.41, 5.74) is 2.54. The smallest absolute Gasteiger partial charge is 0.344 e. The summed E-state index contributed by atoms with van der Waals surface area (Å²) < 4.78 is 21.7. The molecule has 6 nitrogen and oxygen atoms in total. The molecule has 0 radical (unpaired) electrons. The maximum absolute atomic E-state index is 13.2. The van der Waals surface area contributed by atoms with Crippen molar-refractivity contribution in [1.29, 1.82) is 0 Å². The predicted molar refractivity (Wildman–Crippen MR) is 106 cm³/mol. The van der Waals surface area contributed by atoms with Gasteiger partial charge in [0.1, 0.15) is 11.3 Å². The third kappa shape index (κ3) is 3.86. The molecule has 0 N–H and O–H groups in total. The molecule has 0 aliphatic carbocycles. The van der Waals surface area contributed by atoms with Crippen LogP contribution in [0, 0.1) is 13.8 Å². The van der Waals surface area contributed by atoms with Crippen molar-refractivity contribution in [3.63, 3.8) is 0 Å². The van der Waals surface area contributed by atoms with Gasteiger partial charge >= 0.3 is 5.97 Å². The molecule has 0 aliphatic heterocycles. The Morgan fingerprint density at radius 2 is 1.82 bits per heavy atom. The Kier molecular flexibility index (Phi) is 5.68. The van der Waals surface area contributed by atoms with Crippen LogP contribution >= 0.6 is 0 Å². The number of ether oxygens (including phenoxy) is 3. The molecule has 0 bridgehead atoms. The molecule has 1 heterocycles. The van der Waals surface area contributed by atoms with Crippen molar-refractivity contribution in [2.24, 2.45) is 0 Å². The number of hydrogen-bond acceptors (Lipinski definition) is 6. The molecule has 3 rings (SSSR count). The minimum atomic E-state index is -0.552. The fraction of sp³-hybridized carbons (Fsp3) is 0.273. The molecule has 0 unspecified atom stereocenters. The summed E-state index contributed by atoms with van der Waals surface area (Å²) in [4.78, 5) is 24.9. The van der Waals surface area contributed by atoms with Crippen molar-refractivity contribution < 1.29 is 23.4 Å². The highest BCUT2D eigenvalue weighted by molar-refractivity contribution is 5.85. The fourth-order valence-corrected chi connectivity index (χ4v) is 3.07. The third-order valence-electron chi connectivity index (χ3n) is 4.29. The van der Waals surface area contributed by atoms with Gasteiger partial charge in [0.05, 0.1) is 19.1 Å². The topological polar surface area (TPSA) is 75.0 Å². The standard InChI is InChI=1S/C22H22O6/c1-5-26-18(23)12-27-22-20(24)19-14(3)10-13(2)11-17(19)28-21(22)15-6-8-16(25-4)9-7-15/h6-11H,5,12H2,1-4H3. The van der Waals surface area contributed by atoms with Crippen LogP contribution in [-0.2, 0) is 9.53 Å². The molecule has 0 spiro atoms. The number of fused-ring (bicyclic) bond motifs is 1. The van der Waals surface area contributed by atoms with Gasteiger partial charge in [0.25, 0.3) is 0 Å². The average molecular weight is 382 g/mol. The van der Waals surface area contributed by atoms with Gasteiger partial charge in [0.15, 0.2) is 12.4 Å². The summed E-state index contributed by atoms with van der Waals surface area (Å²) in [6, 6.07) is 10.8. The zero-order valence-corrected chi connectivity index (χ0v) is 16.3. The molecule has 6 heteroatoms. The van der Waals surface area contributed by atoms with E-state index in [2.05, 4.69) is 0 Å². The van der Waals surface area contributed by atoms with Crippen LogP contribution in [0.1, 0.15) is 18.1 Å². The van der Waals surface area contributed by atoms with Crippen LogP contribution in [-0.4, -0.2) is 26.3 Å². The summed E-state index contributed by atoms with van der Waals surface area (Å²) in [6.07, 6.45) is 0. The molecule has 28 heavy (non-hydrogen) atoms. The van der Waals surface area contributed by atoms with E-state index in [4.69, 9.17) is 18.6 Å². The van der Waals surface area contributed by atoms with Crippen molar-refractivity contribution in [1.82, 2.24) is 0 Å². The van der Waals surface area contributed by atoms with Gasteiger partial charge in [-0.15, -0.1) is 0 Å². The Morgan fingerprint density at radius 3 is 2.46 bits per heavy atom. The van der Waals surface area contributed by atoms with Crippen LogP contribution in [0.3, 0.4) is 0 Å². The molecule has 146 valence electrons. The van der Waals surface area contributed by atoms with Crippen LogP contribution in [0.4, 0.5) is 0 Å². The van der Waals surface area contributed by atoms with Crippen molar-refractivity contribution in [3.05, 3.63) is 57.7 Å². The summed E-state index contributed by atoms with van der Waals surface area (Å²) in [5.74, 6) is 0.364. The largest absolute Gasteiger partial charge is 0.497 e. The fourth-order valence-electron chi connectivity index (χ4n) is 3.07. The lowest BCUT2D eigenvalue weighted by atomic mass is 10.0. The molecule has 2 aromatic carbocycles. The monoisotopic (exact) mass is 382 g/mol. The van der Waals surface area contributed by atoms with E-state index in [1.54, 1.807) is 38.3 Å². The summed E-state index contributed by atoms with van der Waals surface area (Å²) in [6.45, 7) is 5.34. The van der Waals surface area contributed by atoms with Crippen LogP contribution in [0.2, 0.25) is 0 Å². The van der Waals surface area contributed by atoms with Crippen molar-refractivity contribution in [3.8, 4) is 22.8 Å². The molecule has 3 aromatic rings. The van der Waals surface area contributed by atoms with Crippen LogP contribution in [0.15, 0.2) is 45.6 Å². The second-order valence-corrected chi connectivity index (χ2v) is 6.37. The molecule has 0 atom stereocenters. The normalized spacial score (nSPS) is 10.7. The van der Waals surface area contributed by atoms with Gasteiger partial charge in [0, 0.05) is 5.56 Å². The molecular weight excluding hydrogens is 360 g/mol. The van der Waals surface area contributed by atoms with Gasteiger partial charge in [-0.05, 0) is 62.2 Å². The van der Waals surface area contributed by atoms with Crippen LogP contribution in [0.25, 0.3) is 22.3 Å². The number of rotatable bonds is 6. The van der Waals surface area contributed by atoms with E-state index in [1.165, 1.54) is 0 Å². The first kappa shape index (κ1) is 19.5. The van der Waals surface area contributed by atoms with E-state index in [0.717, 1.165) is 11.1 Å². The van der Waals surface area contributed by atoms with Gasteiger partial charge in [-0.1, -0.05) is 6.07 Å². The molecule has 0 saturated heterocycles. The zero-order chi connectivity index (χ0) is 20.3. The zero-order valence-electron chi connectivity index (χ0n) is 16.3. The number of aryl methyl sites for hydroxylation is 2. The van der Waals surface area contributed by atoms with E-state index in [0.29, 0.717) is 22.3 Å². The third-order valence-corrected chi connectivity index (χ3v) is 4.29. The van der Waals surface area contributed by atoms with E-state index in [1.807, 2.05) is 26.0 Å². The Bertz CT molecular complexity index is 1060. The maximum Gasteiger partial charge on any atom is 0.344 e. The average Bonchev–Trinajstić information content (AvgIpc) is 2.66. The molecular formula is C22H22O6. The van der Waals surface area contributed by atoms with Gasteiger partial charge in [-0.2, -0.15) is 0 Å². The molecule has 0 saturated carbocycles. The Morgan fingerprint density at radius 1 is 1.11 bits per heavy atom. The van der Waals surface area contributed by atoms with Crippen molar-refractivity contribution >= 4 is 16.9 Å². The first-order chi connectivity index (χ1) is 13.4. The predicted octanol–water partition coefficient (Wildman–Crippen LogP) is 4.03. The van der Waals surface area contributed by atoms with E-state index in [9.17, 15) is 9.59 Å². The van der Waals surface area contributed by atoms with Gasteiger partial charge in [0.2, 0.25) is 11.2 Å². The van der Waals surface area contributed by atoms with Crippen molar-refractivity contribution in [2.45, 2.75) is 20.8 Å². The second-order valence-electron chi connectivity index (χ2n) is 6.37. The molecule has 0 aliphatic rings. The number of benzene rings is 2. The summed E-state index contributed by atoms with van der Waals surface area (Å²) in [5, 5.41) is 0.432. The number of carbonyl (C=O) groups excluding carboxylic acids is 1. The van der Waals surface area contributed by atoms with Crippen molar-refractivity contribution in [2.75, 3.05) is 20.3 Å².